The number of nitrogens with one attached hydrogen (secondary N) is 1. The van der Waals surface area contributed by atoms with Gasteiger partial charge in [0.05, 0.1) is 0 Å². The average molecular weight is 426 g/mol. The number of amides is 1. The molecule has 0 fully saturated rings. The van der Waals surface area contributed by atoms with Gasteiger partial charge in [0.15, 0.2) is 0 Å². The van der Waals surface area contributed by atoms with E-state index in [0.717, 1.165) is 23.4 Å². The maximum atomic E-state index is 13.8. The Morgan fingerprint density at radius 3 is 2.83 bits per heavy atom. The summed E-state index contributed by atoms with van der Waals surface area (Å²) >= 11 is 6.20. The number of rotatable bonds is 5. The molecule has 154 valence electrons. The molecule has 5 nitrogen and oxygen atoms in total. The maximum Gasteiger partial charge on any atom is 0.251 e. The maximum absolute atomic E-state index is 13.8. The van der Waals surface area contributed by atoms with Gasteiger partial charge in [0, 0.05) is 54.6 Å². The van der Waals surface area contributed by atoms with Crippen LogP contribution >= 0.6 is 11.6 Å². The summed E-state index contributed by atoms with van der Waals surface area (Å²) in [6.07, 6.45) is 1.67. The Morgan fingerprint density at radius 2 is 2.00 bits per heavy atom. The fourth-order valence-electron chi connectivity index (χ4n) is 3.42. The van der Waals surface area contributed by atoms with Crippen LogP contribution < -0.4 is 10.1 Å². The summed E-state index contributed by atoms with van der Waals surface area (Å²) in [4.78, 5) is 18.9. The molecule has 0 aliphatic carbocycles. The predicted molar refractivity (Wildman–Crippen MR) is 113 cm³/mol. The lowest BCUT2D eigenvalue weighted by atomic mass is 10.1. The molecule has 1 aliphatic rings. The summed E-state index contributed by atoms with van der Waals surface area (Å²) in [7, 11) is 0. The van der Waals surface area contributed by atoms with Gasteiger partial charge < -0.3 is 10.1 Å². The zero-order valence-electron chi connectivity index (χ0n) is 16.3. The highest BCUT2D eigenvalue weighted by molar-refractivity contribution is 6.30. The third kappa shape index (κ3) is 4.78. The van der Waals surface area contributed by atoms with Crippen LogP contribution in [0.15, 0.2) is 60.8 Å². The Morgan fingerprint density at radius 1 is 1.17 bits per heavy atom. The Kier molecular flexibility index (Phi) is 6.26. The number of halogens is 2. The number of nitrogens with zero attached hydrogens (tertiary/aromatic N) is 2. The van der Waals surface area contributed by atoms with E-state index in [1.807, 2.05) is 24.3 Å². The zero-order valence-corrected chi connectivity index (χ0v) is 17.0. The standard InChI is InChI=1S/C23H21ClFN3O2/c24-22-18(5-3-9-26-22)14-28-10-11-30-21-8-7-16(12-19(21)15-28)23(29)27-13-17-4-1-2-6-20(17)25/h1-9,12H,10-11,13-15H2,(H,27,29). The van der Waals surface area contributed by atoms with Crippen molar-refractivity contribution in [1.29, 1.82) is 0 Å². The number of hydrogen-bond donors (Lipinski definition) is 1. The van der Waals surface area contributed by atoms with Crippen molar-refractivity contribution < 1.29 is 13.9 Å². The first-order chi connectivity index (χ1) is 14.6. The number of benzene rings is 2. The number of pyridine rings is 1. The number of carbonyl (C=O) groups excluding carboxylic acids is 1. The van der Waals surface area contributed by atoms with Crippen molar-refractivity contribution in [3.05, 3.63) is 94.0 Å². The van der Waals surface area contributed by atoms with Crippen LogP contribution in [0, 0.1) is 5.82 Å². The average Bonchev–Trinajstić information content (AvgIpc) is 2.95. The van der Waals surface area contributed by atoms with Crippen LogP contribution in [0.2, 0.25) is 5.15 Å². The van der Waals surface area contributed by atoms with E-state index in [9.17, 15) is 9.18 Å². The molecule has 30 heavy (non-hydrogen) atoms. The van der Waals surface area contributed by atoms with E-state index in [1.54, 1.807) is 30.5 Å². The van der Waals surface area contributed by atoms with Gasteiger partial charge >= 0.3 is 0 Å². The van der Waals surface area contributed by atoms with Gasteiger partial charge in [-0.25, -0.2) is 9.37 Å². The van der Waals surface area contributed by atoms with Crippen molar-refractivity contribution >= 4 is 17.5 Å². The van der Waals surface area contributed by atoms with Gasteiger partial charge in [-0.3, -0.25) is 9.69 Å². The van der Waals surface area contributed by atoms with E-state index in [4.69, 9.17) is 16.3 Å². The molecule has 3 aromatic rings. The van der Waals surface area contributed by atoms with E-state index in [0.29, 0.717) is 36.0 Å². The number of aromatic nitrogens is 1. The summed E-state index contributed by atoms with van der Waals surface area (Å²) in [5, 5.41) is 3.27. The van der Waals surface area contributed by atoms with Gasteiger partial charge in [0.25, 0.3) is 5.91 Å². The van der Waals surface area contributed by atoms with Gasteiger partial charge in [-0.15, -0.1) is 0 Å². The van der Waals surface area contributed by atoms with E-state index in [1.165, 1.54) is 6.07 Å². The largest absolute Gasteiger partial charge is 0.492 e. The molecule has 0 saturated heterocycles. The quantitative estimate of drug-likeness (QED) is 0.622. The van der Waals surface area contributed by atoms with Gasteiger partial charge in [-0.2, -0.15) is 0 Å². The fraction of sp³-hybridized carbons (Fsp3) is 0.217. The first-order valence-corrected chi connectivity index (χ1v) is 10.1. The van der Waals surface area contributed by atoms with Crippen LogP contribution in [0.3, 0.4) is 0 Å². The minimum absolute atomic E-state index is 0.130. The second kappa shape index (κ2) is 9.24. The summed E-state index contributed by atoms with van der Waals surface area (Å²) < 4.78 is 19.6. The van der Waals surface area contributed by atoms with E-state index >= 15 is 0 Å². The van der Waals surface area contributed by atoms with Crippen LogP contribution in [0.5, 0.6) is 5.75 Å². The summed E-state index contributed by atoms with van der Waals surface area (Å²) in [5.41, 5.74) is 2.82. The van der Waals surface area contributed by atoms with Crippen molar-refractivity contribution in [3.63, 3.8) is 0 Å². The molecular weight excluding hydrogens is 405 g/mol. The molecular formula is C23H21ClFN3O2. The van der Waals surface area contributed by atoms with Crippen LogP contribution in [0.25, 0.3) is 0 Å². The molecule has 1 aromatic heterocycles. The third-order valence-corrected chi connectivity index (χ3v) is 5.35. The Balaban J connectivity index is 1.46. The Hall–Kier alpha value is -2.96. The molecule has 0 radical (unpaired) electrons. The normalized spacial score (nSPS) is 13.8. The molecule has 1 aliphatic heterocycles. The summed E-state index contributed by atoms with van der Waals surface area (Å²) in [5.74, 6) is 0.172. The molecule has 2 heterocycles. The second-order valence-corrected chi connectivity index (χ2v) is 7.47. The molecule has 1 N–H and O–H groups in total. The number of carbonyl (C=O) groups is 1. The van der Waals surface area contributed by atoms with Crippen molar-refractivity contribution in [3.8, 4) is 5.75 Å². The van der Waals surface area contributed by atoms with Gasteiger partial charge in [-0.1, -0.05) is 35.9 Å². The summed E-state index contributed by atoms with van der Waals surface area (Å²) in [6, 6.07) is 15.6. The Labute approximate surface area is 179 Å². The highest BCUT2D eigenvalue weighted by Crippen LogP contribution is 2.26. The second-order valence-electron chi connectivity index (χ2n) is 7.11. The molecule has 0 bridgehead atoms. The number of fused-ring (bicyclic) bond motifs is 1. The minimum Gasteiger partial charge on any atom is -0.492 e. The first-order valence-electron chi connectivity index (χ1n) is 9.69. The van der Waals surface area contributed by atoms with Crippen molar-refractivity contribution in [2.24, 2.45) is 0 Å². The fourth-order valence-corrected chi connectivity index (χ4v) is 3.60. The van der Waals surface area contributed by atoms with E-state index < -0.39 is 0 Å². The van der Waals surface area contributed by atoms with Crippen LogP contribution in [-0.4, -0.2) is 28.9 Å². The van der Waals surface area contributed by atoms with Crippen molar-refractivity contribution in [2.75, 3.05) is 13.2 Å². The van der Waals surface area contributed by atoms with Gasteiger partial charge in [0.2, 0.25) is 0 Å². The molecule has 0 saturated carbocycles. The molecule has 1 amide bonds. The Bertz CT molecular complexity index is 1060. The molecule has 0 unspecified atom stereocenters. The minimum atomic E-state index is -0.335. The number of hydrogen-bond acceptors (Lipinski definition) is 4. The molecule has 4 rings (SSSR count). The highest BCUT2D eigenvalue weighted by atomic mass is 35.5. The van der Waals surface area contributed by atoms with E-state index in [-0.39, 0.29) is 18.3 Å². The van der Waals surface area contributed by atoms with Crippen LogP contribution in [-0.2, 0) is 19.6 Å². The molecule has 7 heteroatoms. The molecule has 2 aromatic carbocycles. The van der Waals surface area contributed by atoms with Crippen molar-refractivity contribution in [2.45, 2.75) is 19.6 Å². The van der Waals surface area contributed by atoms with Gasteiger partial charge in [-0.05, 0) is 30.3 Å². The lowest BCUT2D eigenvalue weighted by molar-refractivity contribution is 0.0950. The van der Waals surface area contributed by atoms with Gasteiger partial charge in [0.1, 0.15) is 23.3 Å². The lowest BCUT2D eigenvalue weighted by Gasteiger charge is -2.19. The third-order valence-electron chi connectivity index (χ3n) is 5.01. The van der Waals surface area contributed by atoms with E-state index in [2.05, 4.69) is 15.2 Å². The topological polar surface area (TPSA) is 54.5 Å². The first kappa shape index (κ1) is 20.3. The predicted octanol–water partition coefficient (Wildman–Crippen LogP) is 4.20. The zero-order chi connectivity index (χ0) is 20.9. The van der Waals surface area contributed by atoms with Crippen LogP contribution in [0.4, 0.5) is 4.39 Å². The molecule has 0 spiro atoms. The van der Waals surface area contributed by atoms with Crippen molar-refractivity contribution in [1.82, 2.24) is 15.2 Å². The SMILES string of the molecule is O=C(NCc1ccccc1F)c1ccc2c(c1)CN(Cc1cccnc1Cl)CCO2. The smallest absolute Gasteiger partial charge is 0.251 e. The lowest BCUT2D eigenvalue weighted by Crippen LogP contribution is -2.26. The highest BCUT2D eigenvalue weighted by Gasteiger charge is 2.18. The monoisotopic (exact) mass is 425 g/mol. The van der Waals surface area contributed by atoms with Crippen LogP contribution in [0.1, 0.15) is 27.0 Å². The summed E-state index contributed by atoms with van der Waals surface area (Å²) in [6.45, 7) is 2.66. The number of ether oxygens (including phenoxy) is 1. The molecule has 0 atom stereocenters.